The molecule has 1 N–H and O–H groups in total. The van der Waals surface area contributed by atoms with Crippen molar-refractivity contribution in [1.82, 2.24) is 15.1 Å². The van der Waals surface area contributed by atoms with E-state index in [0.717, 1.165) is 5.56 Å². The number of ether oxygens (including phenoxy) is 1. The van der Waals surface area contributed by atoms with E-state index in [2.05, 4.69) is 10.4 Å². The minimum Gasteiger partial charge on any atom is -0.465 e. The third-order valence-corrected chi connectivity index (χ3v) is 4.03. The van der Waals surface area contributed by atoms with E-state index in [9.17, 15) is 9.59 Å². The Bertz CT molecular complexity index is 963. The number of benzene rings is 2. The maximum Gasteiger partial charge on any atom is 0.258 e. The van der Waals surface area contributed by atoms with Crippen LogP contribution in [0.15, 0.2) is 60.8 Å². The van der Waals surface area contributed by atoms with Crippen LogP contribution in [0.4, 0.5) is 0 Å². The van der Waals surface area contributed by atoms with Gasteiger partial charge in [0.15, 0.2) is 0 Å². The number of nitrogens with one attached hydrogen (secondary N) is 1. The number of hydrogen-bond acceptors (Lipinski definition) is 4. The predicted octanol–water partition coefficient (Wildman–Crippen LogP) is 3.03. The molecule has 1 unspecified atom stereocenters. The van der Waals surface area contributed by atoms with Crippen LogP contribution in [0.2, 0.25) is 0 Å². The zero-order valence-corrected chi connectivity index (χ0v) is 13.5. The molecule has 25 heavy (non-hydrogen) atoms. The monoisotopic (exact) mass is 333 g/mol. The first-order valence-electron chi connectivity index (χ1n) is 7.86. The molecule has 1 atom stereocenters. The van der Waals surface area contributed by atoms with E-state index >= 15 is 0 Å². The third kappa shape index (κ3) is 2.67. The van der Waals surface area contributed by atoms with Crippen molar-refractivity contribution in [3.8, 4) is 17.0 Å². The Labute approximate surface area is 144 Å². The van der Waals surface area contributed by atoms with Crippen molar-refractivity contribution in [3.63, 3.8) is 0 Å². The Balaban J connectivity index is 1.80. The van der Waals surface area contributed by atoms with E-state index in [1.165, 1.54) is 11.6 Å². The summed E-state index contributed by atoms with van der Waals surface area (Å²) in [7, 11) is 0. The van der Waals surface area contributed by atoms with Crippen molar-refractivity contribution in [2.45, 2.75) is 13.2 Å². The summed E-state index contributed by atoms with van der Waals surface area (Å²) in [6.45, 7) is 1.43. The smallest absolute Gasteiger partial charge is 0.258 e. The lowest BCUT2D eigenvalue weighted by Crippen LogP contribution is -2.36. The summed E-state index contributed by atoms with van der Waals surface area (Å²) in [5.74, 6) is 0.0678. The normalized spacial score (nSPS) is 15.9. The number of carbonyl (C=O) groups is 2. The Morgan fingerprint density at radius 2 is 1.84 bits per heavy atom. The number of rotatable bonds is 2. The third-order valence-electron chi connectivity index (χ3n) is 4.03. The van der Waals surface area contributed by atoms with Crippen LogP contribution < -0.4 is 10.1 Å². The standard InChI is InChI=1S/C19H15N3O3/c1-12(23)22-11-15(17(21-22)13-7-3-2-4-8-13)19-20-18(24)14-9-5-6-10-16(14)25-19/h2-11,19H,1H3,(H,20,24). The van der Waals surface area contributed by atoms with Gasteiger partial charge < -0.3 is 10.1 Å². The van der Waals surface area contributed by atoms with E-state index in [-0.39, 0.29) is 11.8 Å². The fourth-order valence-electron chi connectivity index (χ4n) is 2.81. The lowest BCUT2D eigenvalue weighted by Gasteiger charge is -2.26. The molecular weight excluding hydrogens is 318 g/mol. The molecule has 6 heteroatoms. The van der Waals surface area contributed by atoms with Gasteiger partial charge in [0.1, 0.15) is 11.4 Å². The van der Waals surface area contributed by atoms with Crippen LogP contribution in [0.3, 0.4) is 0 Å². The van der Waals surface area contributed by atoms with Crippen molar-refractivity contribution in [2.75, 3.05) is 0 Å². The summed E-state index contributed by atoms with van der Waals surface area (Å²) < 4.78 is 7.20. The number of para-hydroxylation sites is 1. The summed E-state index contributed by atoms with van der Waals surface area (Å²) in [4.78, 5) is 24.1. The molecular formula is C19H15N3O3. The van der Waals surface area contributed by atoms with E-state index in [1.807, 2.05) is 36.4 Å². The van der Waals surface area contributed by atoms with Crippen molar-refractivity contribution >= 4 is 11.8 Å². The van der Waals surface area contributed by atoms with E-state index in [0.29, 0.717) is 22.6 Å². The minimum absolute atomic E-state index is 0.217. The number of hydrogen-bond donors (Lipinski definition) is 1. The van der Waals surface area contributed by atoms with E-state index < -0.39 is 6.23 Å². The topological polar surface area (TPSA) is 73.2 Å². The number of carbonyl (C=O) groups excluding carboxylic acids is 2. The van der Waals surface area contributed by atoms with Gasteiger partial charge in [-0.15, -0.1) is 0 Å². The summed E-state index contributed by atoms with van der Waals surface area (Å²) in [5, 5.41) is 7.20. The van der Waals surface area contributed by atoms with Gasteiger partial charge in [0.05, 0.1) is 11.1 Å². The second-order valence-corrected chi connectivity index (χ2v) is 5.73. The molecule has 0 aliphatic carbocycles. The minimum atomic E-state index is -0.717. The largest absolute Gasteiger partial charge is 0.465 e. The molecule has 0 saturated carbocycles. The Hall–Kier alpha value is -3.41. The van der Waals surface area contributed by atoms with Crippen LogP contribution in [0.5, 0.6) is 5.75 Å². The van der Waals surface area contributed by atoms with Crippen molar-refractivity contribution < 1.29 is 14.3 Å². The maximum absolute atomic E-state index is 12.4. The van der Waals surface area contributed by atoms with Gasteiger partial charge in [-0.2, -0.15) is 5.10 Å². The molecule has 2 heterocycles. The van der Waals surface area contributed by atoms with Gasteiger partial charge in [0.2, 0.25) is 12.1 Å². The molecule has 6 nitrogen and oxygen atoms in total. The first-order valence-corrected chi connectivity index (χ1v) is 7.86. The van der Waals surface area contributed by atoms with E-state index in [4.69, 9.17) is 4.74 Å². The highest BCUT2D eigenvalue weighted by molar-refractivity contribution is 5.98. The van der Waals surface area contributed by atoms with Crippen LogP contribution in [-0.4, -0.2) is 21.6 Å². The molecule has 4 rings (SSSR count). The van der Waals surface area contributed by atoms with Gasteiger partial charge in [-0.3, -0.25) is 9.59 Å². The molecule has 1 aliphatic heterocycles. The van der Waals surface area contributed by atoms with Crippen LogP contribution in [0.25, 0.3) is 11.3 Å². The predicted molar refractivity (Wildman–Crippen MR) is 91.2 cm³/mol. The molecule has 1 amide bonds. The molecule has 0 radical (unpaired) electrons. The molecule has 1 aliphatic rings. The Morgan fingerprint density at radius 1 is 1.12 bits per heavy atom. The zero-order valence-electron chi connectivity index (χ0n) is 13.5. The number of nitrogens with zero attached hydrogens (tertiary/aromatic N) is 2. The van der Waals surface area contributed by atoms with Gasteiger partial charge in [0, 0.05) is 18.7 Å². The maximum atomic E-state index is 12.4. The average Bonchev–Trinajstić information content (AvgIpc) is 3.08. The lowest BCUT2D eigenvalue weighted by molar-refractivity contribution is 0.0757. The van der Waals surface area contributed by atoms with Gasteiger partial charge in [-0.05, 0) is 12.1 Å². The number of aromatic nitrogens is 2. The summed E-state index contributed by atoms with van der Waals surface area (Å²) >= 11 is 0. The van der Waals surface area contributed by atoms with Crippen LogP contribution in [0, 0.1) is 0 Å². The van der Waals surface area contributed by atoms with E-state index in [1.54, 1.807) is 24.4 Å². The summed E-state index contributed by atoms with van der Waals surface area (Å²) in [6, 6.07) is 16.5. The second-order valence-electron chi connectivity index (χ2n) is 5.73. The average molecular weight is 333 g/mol. The van der Waals surface area contributed by atoms with Gasteiger partial charge in [-0.25, -0.2) is 4.68 Å². The highest BCUT2D eigenvalue weighted by Crippen LogP contribution is 2.33. The Kier molecular flexibility index (Phi) is 3.57. The quantitative estimate of drug-likeness (QED) is 0.782. The van der Waals surface area contributed by atoms with Crippen LogP contribution >= 0.6 is 0 Å². The first kappa shape index (κ1) is 15.1. The molecule has 3 aromatic rings. The summed E-state index contributed by atoms with van der Waals surface area (Å²) in [5.41, 5.74) is 2.55. The van der Waals surface area contributed by atoms with Crippen molar-refractivity contribution in [3.05, 3.63) is 71.9 Å². The first-order chi connectivity index (χ1) is 12.1. The number of amides is 1. The van der Waals surface area contributed by atoms with Gasteiger partial charge >= 0.3 is 0 Å². The van der Waals surface area contributed by atoms with Crippen LogP contribution in [-0.2, 0) is 0 Å². The molecule has 0 bridgehead atoms. The van der Waals surface area contributed by atoms with Gasteiger partial charge in [0.25, 0.3) is 5.91 Å². The highest BCUT2D eigenvalue weighted by Gasteiger charge is 2.30. The molecule has 0 saturated heterocycles. The number of fused-ring (bicyclic) bond motifs is 1. The molecule has 0 spiro atoms. The molecule has 2 aromatic carbocycles. The van der Waals surface area contributed by atoms with Crippen LogP contribution in [0.1, 0.15) is 33.9 Å². The molecule has 1 aromatic heterocycles. The second kappa shape index (κ2) is 5.90. The zero-order chi connectivity index (χ0) is 17.4. The fourth-order valence-corrected chi connectivity index (χ4v) is 2.81. The molecule has 0 fully saturated rings. The van der Waals surface area contributed by atoms with Crippen molar-refractivity contribution in [2.24, 2.45) is 0 Å². The van der Waals surface area contributed by atoms with Crippen molar-refractivity contribution in [1.29, 1.82) is 0 Å². The fraction of sp³-hybridized carbons (Fsp3) is 0.105. The Morgan fingerprint density at radius 3 is 2.60 bits per heavy atom. The SMILES string of the molecule is CC(=O)n1cc(C2NC(=O)c3ccccc3O2)c(-c2ccccc2)n1. The van der Waals surface area contributed by atoms with Gasteiger partial charge in [-0.1, -0.05) is 42.5 Å². The molecule has 124 valence electrons. The summed E-state index contributed by atoms with van der Waals surface area (Å²) in [6.07, 6.45) is 0.884. The lowest BCUT2D eigenvalue weighted by atomic mass is 10.1. The highest BCUT2D eigenvalue weighted by atomic mass is 16.5.